The van der Waals surface area contributed by atoms with Gasteiger partial charge in [0.1, 0.15) is 0 Å². The van der Waals surface area contributed by atoms with Crippen molar-refractivity contribution in [3.8, 4) is 0 Å². The van der Waals surface area contributed by atoms with E-state index in [9.17, 15) is 0 Å². The van der Waals surface area contributed by atoms with Crippen molar-refractivity contribution in [2.45, 2.75) is 58.5 Å². The van der Waals surface area contributed by atoms with E-state index in [1.54, 1.807) is 0 Å². The maximum atomic E-state index is 8.60. The molecule has 1 unspecified atom stereocenters. The van der Waals surface area contributed by atoms with Gasteiger partial charge in [0, 0.05) is 5.54 Å². The molecule has 0 aliphatic rings. The number of hydrogen-bond donors (Lipinski definition) is 3. The fraction of sp³-hybridized carbons (Fsp3) is 0.900. The van der Waals surface area contributed by atoms with Gasteiger partial charge in [-0.05, 0) is 26.2 Å². The Morgan fingerprint density at radius 1 is 1.43 bits per heavy atom. The predicted molar refractivity (Wildman–Crippen MR) is 59.6 cm³/mol. The standard InChI is InChI=1S/C10H23N3O/c1-5-8(9(11)13-14)12-10(4,6-2)7-3/h8,12,14H,5-7H2,1-4H3,(H2,11,13). The molecule has 0 fully saturated rings. The number of rotatable bonds is 6. The molecular weight excluding hydrogens is 178 g/mol. The number of amidine groups is 1. The molecule has 4 N–H and O–H groups in total. The van der Waals surface area contributed by atoms with Crippen LogP contribution in [0, 0.1) is 0 Å². The van der Waals surface area contributed by atoms with Gasteiger partial charge in [-0.2, -0.15) is 0 Å². The summed E-state index contributed by atoms with van der Waals surface area (Å²) in [7, 11) is 0. The monoisotopic (exact) mass is 201 g/mol. The van der Waals surface area contributed by atoms with E-state index in [2.05, 4.69) is 31.2 Å². The van der Waals surface area contributed by atoms with Crippen molar-refractivity contribution in [3.63, 3.8) is 0 Å². The maximum absolute atomic E-state index is 8.60. The molecule has 0 radical (unpaired) electrons. The molecule has 4 nitrogen and oxygen atoms in total. The first-order valence-electron chi connectivity index (χ1n) is 5.28. The molecule has 0 aromatic heterocycles. The Kier molecular flexibility index (Phi) is 5.53. The topological polar surface area (TPSA) is 70.6 Å². The van der Waals surface area contributed by atoms with Gasteiger partial charge in [0.05, 0.1) is 6.04 Å². The summed E-state index contributed by atoms with van der Waals surface area (Å²) in [5.41, 5.74) is 5.65. The molecule has 0 rings (SSSR count). The third-order valence-electron chi connectivity index (χ3n) is 2.96. The summed E-state index contributed by atoms with van der Waals surface area (Å²) in [6.07, 6.45) is 2.88. The van der Waals surface area contributed by atoms with Gasteiger partial charge in [-0.1, -0.05) is 25.9 Å². The second-order valence-electron chi connectivity index (χ2n) is 3.90. The van der Waals surface area contributed by atoms with Gasteiger partial charge in [-0.3, -0.25) is 0 Å². The second-order valence-corrected chi connectivity index (χ2v) is 3.90. The first-order chi connectivity index (χ1) is 6.52. The molecule has 0 aromatic rings. The lowest BCUT2D eigenvalue weighted by Crippen LogP contribution is -2.52. The molecule has 0 aromatic carbocycles. The third kappa shape index (κ3) is 3.54. The Morgan fingerprint density at radius 2 is 1.93 bits per heavy atom. The van der Waals surface area contributed by atoms with E-state index < -0.39 is 0 Å². The number of nitrogens with zero attached hydrogens (tertiary/aromatic N) is 1. The summed E-state index contributed by atoms with van der Waals surface area (Å²) in [4.78, 5) is 0. The van der Waals surface area contributed by atoms with Crippen LogP contribution in [0.25, 0.3) is 0 Å². The molecule has 84 valence electrons. The van der Waals surface area contributed by atoms with Crippen molar-refractivity contribution in [1.82, 2.24) is 5.32 Å². The molecular formula is C10H23N3O. The lowest BCUT2D eigenvalue weighted by Gasteiger charge is -2.32. The first kappa shape index (κ1) is 13.2. The summed E-state index contributed by atoms with van der Waals surface area (Å²) >= 11 is 0. The molecule has 14 heavy (non-hydrogen) atoms. The first-order valence-corrected chi connectivity index (χ1v) is 5.28. The van der Waals surface area contributed by atoms with Gasteiger partial charge < -0.3 is 16.3 Å². The van der Waals surface area contributed by atoms with Crippen LogP contribution < -0.4 is 11.1 Å². The zero-order chi connectivity index (χ0) is 11.2. The van der Waals surface area contributed by atoms with Gasteiger partial charge in [0.2, 0.25) is 0 Å². The Balaban J connectivity index is 4.44. The van der Waals surface area contributed by atoms with Crippen molar-refractivity contribution in [2.24, 2.45) is 10.9 Å². The number of nitrogens with one attached hydrogen (secondary N) is 1. The van der Waals surface area contributed by atoms with Crippen LogP contribution in [0.3, 0.4) is 0 Å². The molecule has 0 aliphatic heterocycles. The number of oxime groups is 1. The van der Waals surface area contributed by atoms with E-state index >= 15 is 0 Å². The van der Waals surface area contributed by atoms with Gasteiger partial charge in [0.25, 0.3) is 0 Å². The van der Waals surface area contributed by atoms with Crippen molar-refractivity contribution in [3.05, 3.63) is 0 Å². The molecule has 1 atom stereocenters. The smallest absolute Gasteiger partial charge is 0.156 e. The second kappa shape index (κ2) is 5.86. The molecule has 0 amide bonds. The van der Waals surface area contributed by atoms with E-state index in [0.29, 0.717) is 0 Å². The van der Waals surface area contributed by atoms with E-state index in [1.165, 1.54) is 0 Å². The van der Waals surface area contributed by atoms with Gasteiger partial charge in [-0.15, -0.1) is 0 Å². The molecule has 0 saturated heterocycles. The molecule has 0 aliphatic carbocycles. The quantitative estimate of drug-likeness (QED) is 0.265. The maximum Gasteiger partial charge on any atom is 0.156 e. The minimum absolute atomic E-state index is 0.0371. The highest BCUT2D eigenvalue weighted by molar-refractivity contribution is 5.85. The fourth-order valence-electron chi connectivity index (χ4n) is 1.33. The predicted octanol–water partition coefficient (Wildman–Crippen LogP) is 1.68. The molecule has 0 heterocycles. The fourth-order valence-corrected chi connectivity index (χ4v) is 1.33. The van der Waals surface area contributed by atoms with Crippen LogP contribution in [0.5, 0.6) is 0 Å². The zero-order valence-corrected chi connectivity index (χ0v) is 9.67. The minimum atomic E-state index is -0.0371. The average molecular weight is 201 g/mol. The summed E-state index contributed by atoms with van der Waals surface area (Å²) in [6, 6.07) is -0.0371. The van der Waals surface area contributed by atoms with Crippen molar-refractivity contribution < 1.29 is 5.21 Å². The third-order valence-corrected chi connectivity index (χ3v) is 2.96. The van der Waals surface area contributed by atoms with E-state index in [1.807, 2.05) is 6.92 Å². The van der Waals surface area contributed by atoms with Crippen LogP contribution in [0.2, 0.25) is 0 Å². The molecule has 0 saturated carbocycles. The Labute approximate surface area is 86.6 Å². The van der Waals surface area contributed by atoms with Crippen molar-refractivity contribution >= 4 is 5.84 Å². The summed E-state index contributed by atoms with van der Waals surface area (Å²) in [5.74, 6) is 0.264. The van der Waals surface area contributed by atoms with Crippen LogP contribution in [-0.2, 0) is 0 Å². The molecule has 4 heteroatoms. The summed E-state index contributed by atoms with van der Waals surface area (Å²) in [6.45, 7) is 8.44. The van der Waals surface area contributed by atoms with Crippen molar-refractivity contribution in [1.29, 1.82) is 0 Å². The van der Waals surface area contributed by atoms with Crippen LogP contribution in [0.4, 0.5) is 0 Å². The van der Waals surface area contributed by atoms with Gasteiger partial charge in [0.15, 0.2) is 5.84 Å². The highest BCUT2D eigenvalue weighted by Crippen LogP contribution is 2.15. The molecule has 0 bridgehead atoms. The highest BCUT2D eigenvalue weighted by atomic mass is 16.4. The lowest BCUT2D eigenvalue weighted by atomic mass is 9.93. The van der Waals surface area contributed by atoms with E-state index in [-0.39, 0.29) is 17.4 Å². The highest BCUT2D eigenvalue weighted by Gasteiger charge is 2.24. The number of hydrogen-bond acceptors (Lipinski definition) is 3. The zero-order valence-electron chi connectivity index (χ0n) is 9.67. The van der Waals surface area contributed by atoms with E-state index in [4.69, 9.17) is 10.9 Å². The largest absolute Gasteiger partial charge is 0.409 e. The Hall–Kier alpha value is -0.770. The molecule has 0 spiro atoms. The van der Waals surface area contributed by atoms with E-state index in [0.717, 1.165) is 19.3 Å². The number of nitrogens with two attached hydrogens (primary N) is 1. The Morgan fingerprint density at radius 3 is 2.21 bits per heavy atom. The van der Waals surface area contributed by atoms with Crippen LogP contribution in [-0.4, -0.2) is 22.6 Å². The Bertz CT molecular complexity index is 188. The minimum Gasteiger partial charge on any atom is -0.409 e. The lowest BCUT2D eigenvalue weighted by molar-refractivity contribution is 0.293. The SMILES string of the molecule is CCC(NC(C)(CC)CC)C(N)=NO. The summed E-state index contributed by atoms with van der Waals surface area (Å²) in [5, 5.41) is 15.1. The van der Waals surface area contributed by atoms with Crippen molar-refractivity contribution in [2.75, 3.05) is 0 Å². The van der Waals surface area contributed by atoms with Crippen LogP contribution in [0.15, 0.2) is 5.16 Å². The van der Waals surface area contributed by atoms with Gasteiger partial charge >= 0.3 is 0 Å². The summed E-state index contributed by atoms with van der Waals surface area (Å²) < 4.78 is 0. The van der Waals surface area contributed by atoms with Crippen LogP contribution >= 0.6 is 0 Å². The van der Waals surface area contributed by atoms with Gasteiger partial charge in [-0.25, -0.2) is 0 Å². The normalized spacial score (nSPS) is 15.6. The van der Waals surface area contributed by atoms with Crippen LogP contribution in [0.1, 0.15) is 47.0 Å². The average Bonchev–Trinajstić information content (AvgIpc) is 2.24.